The molecule has 0 aliphatic carbocycles. The highest BCUT2D eigenvalue weighted by molar-refractivity contribution is 7.15. The van der Waals surface area contributed by atoms with Gasteiger partial charge in [0.1, 0.15) is 10.7 Å². The van der Waals surface area contributed by atoms with Gasteiger partial charge in [-0.1, -0.05) is 36.4 Å². The predicted octanol–water partition coefficient (Wildman–Crippen LogP) is 5.03. The van der Waals surface area contributed by atoms with Gasteiger partial charge in [-0.05, 0) is 35.7 Å². The smallest absolute Gasteiger partial charge is 0.346 e. The number of carboxylic acid groups (broad SMARTS) is 1. The van der Waals surface area contributed by atoms with Crippen molar-refractivity contribution in [1.29, 1.82) is 0 Å². The molecular formula is C21H16FNO3S. The molecule has 3 aromatic rings. The van der Waals surface area contributed by atoms with E-state index in [1.54, 1.807) is 6.07 Å². The first-order valence-corrected chi connectivity index (χ1v) is 9.28. The average molecular weight is 381 g/mol. The molecule has 1 atom stereocenters. The number of amides is 1. The molecular weight excluding hydrogens is 365 g/mol. The van der Waals surface area contributed by atoms with Gasteiger partial charge in [-0.25, -0.2) is 9.18 Å². The number of aromatic carboxylic acids is 1. The van der Waals surface area contributed by atoms with Gasteiger partial charge in [0.15, 0.2) is 0 Å². The Morgan fingerprint density at radius 3 is 2.70 bits per heavy atom. The molecule has 0 fully saturated rings. The maximum absolute atomic E-state index is 13.8. The summed E-state index contributed by atoms with van der Waals surface area (Å²) >= 11 is 1.15. The first kappa shape index (κ1) is 17.4. The van der Waals surface area contributed by atoms with E-state index in [2.05, 4.69) is 5.32 Å². The van der Waals surface area contributed by atoms with E-state index < -0.39 is 11.8 Å². The van der Waals surface area contributed by atoms with E-state index in [0.717, 1.165) is 27.3 Å². The largest absolute Gasteiger partial charge is 0.477 e. The fourth-order valence-corrected chi connectivity index (χ4v) is 4.82. The van der Waals surface area contributed by atoms with Gasteiger partial charge in [-0.15, -0.1) is 11.3 Å². The Kier molecular flexibility index (Phi) is 4.28. The van der Waals surface area contributed by atoms with Crippen molar-refractivity contribution < 1.29 is 19.1 Å². The van der Waals surface area contributed by atoms with Crippen molar-refractivity contribution in [2.45, 2.75) is 19.3 Å². The molecule has 0 unspecified atom stereocenters. The number of nitrogens with one attached hydrogen (secondary N) is 1. The number of hydrogen-bond donors (Lipinski definition) is 2. The molecule has 2 aromatic carbocycles. The van der Waals surface area contributed by atoms with Gasteiger partial charge in [0, 0.05) is 22.8 Å². The number of fused-ring (bicyclic) bond motifs is 1. The quantitative estimate of drug-likeness (QED) is 0.668. The van der Waals surface area contributed by atoms with Crippen LogP contribution in [-0.2, 0) is 4.79 Å². The molecule has 1 aliphatic rings. The summed E-state index contributed by atoms with van der Waals surface area (Å²) in [6.07, 6.45) is 0.250. The molecule has 1 aliphatic heterocycles. The molecule has 0 saturated heterocycles. The number of rotatable bonds is 3. The molecule has 0 bridgehead atoms. The molecule has 2 N–H and O–H groups in total. The first-order chi connectivity index (χ1) is 13.0. The molecule has 0 spiro atoms. The third kappa shape index (κ3) is 3.02. The summed E-state index contributed by atoms with van der Waals surface area (Å²) in [6.45, 7) is 1.97. The van der Waals surface area contributed by atoms with Crippen molar-refractivity contribution in [2.75, 3.05) is 5.32 Å². The fraction of sp³-hybridized carbons (Fsp3) is 0.143. The molecule has 4 nitrogen and oxygen atoms in total. The van der Waals surface area contributed by atoms with Crippen LogP contribution in [-0.4, -0.2) is 17.0 Å². The van der Waals surface area contributed by atoms with Crippen LogP contribution in [0.5, 0.6) is 0 Å². The van der Waals surface area contributed by atoms with Crippen LogP contribution < -0.4 is 5.32 Å². The summed E-state index contributed by atoms with van der Waals surface area (Å²) in [5.41, 5.74) is 3.33. The summed E-state index contributed by atoms with van der Waals surface area (Å²) in [5.74, 6) is -1.95. The minimum atomic E-state index is -1.09. The minimum Gasteiger partial charge on any atom is -0.477 e. The lowest BCUT2D eigenvalue weighted by molar-refractivity contribution is -0.116. The van der Waals surface area contributed by atoms with Gasteiger partial charge in [0.2, 0.25) is 5.91 Å². The zero-order valence-corrected chi connectivity index (χ0v) is 15.3. The van der Waals surface area contributed by atoms with Gasteiger partial charge >= 0.3 is 5.97 Å². The monoisotopic (exact) mass is 381 g/mol. The second kappa shape index (κ2) is 6.63. The standard InChI is InChI=1S/C21H16FNO3S/c1-11-5-2-3-8-14(11)15-10-16(24)23-18-17(12-6-4-7-13(22)9-12)20(21(25)26)27-19(15)18/h2-9,15H,10H2,1H3,(H,23,24)(H,25,26)/t15-/m1/s1. The van der Waals surface area contributed by atoms with E-state index in [9.17, 15) is 19.1 Å². The maximum atomic E-state index is 13.8. The van der Waals surface area contributed by atoms with Crippen LogP contribution >= 0.6 is 11.3 Å². The van der Waals surface area contributed by atoms with Crippen molar-refractivity contribution in [3.63, 3.8) is 0 Å². The van der Waals surface area contributed by atoms with Crippen molar-refractivity contribution in [3.05, 3.63) is 75.2 Å². The molecule has 27 heavy (non-hydrogen) atoms. The van der Waals surface area contributed by atoms with Gasteiger partial charge in [-0.3, -0.25) is 4.79 Å². The normalized spacial score (nSPS) is 15.9. The molecule has 4 rings (SSSR count). The summed E-state index contributed by atoms with van der Waals surface area (Å²) in [5, 5.41) is 12.6. The van der Waals surface area contributed by atoms with Crippen LogP contribution in [0, 0.1) is 12.7 Å². The lowest BCUT2D eigenvalue weighted by atomic mass is 9.86. The van der Waals surface area contributed by atoms with E-state index >= 15 is 0 Å². The second-order valence-electron chi connectivity index (χ2n) is 6.52. The number of halogens is 1. The zero-order valence-electron chi connectivity index (χ0n) is 14.5. The summed E-state index contributed by atoms with van der Waals surface area (Å²) in [7, 11) is 0. The predicted molar refractivity (Wildman–Crippen MR) is 103 cm³/mol. The Morgan fingerprint density at radius 1 is 1.22 bits per heavy atom. The highest BCUT2D eigenvalue weighted by atomic mass is 32.1. The average Bonchev–Trinajstić information content (AvgIpc) is 3.01. The van der Waals surface area contributed by atoms with Gasteiger partial charge < -0.3 is 10.4 Å². The van der Waals surface area contributed by atoms with Crippen LogP contribution in [0.3, 0.4) is 0 Å². The van der Waals surface area contributed by atoms with Crippen molar-refractivity contribution in [1.82, 2.24) is 0 Å². The topological polar surface area (TPSA) is 66.4 Å². The third-order valence-electron chi connectivity index (χ3n) is 4.78. The Labute approximate surface area is 159 Å². The highest BCUT2D eigenvalue weighted by Crippen LogP contribution is 2.49. The molecule has 2 heterocycles. The van der Waals surface area contributed by atoms with Crippen LogP contribution in [0.25, 0.3) is 11.1 Å². The van der Waals surface area contributed by atoms with Gasteiger partial charge in [0.25, 0.3) is 0 Å². The number of hydrogen-bond acceptors (Lipinski definition) is 3. The summed E-state index contributed by atoms with van der Waals surface area (Å²) in [6, 6.07) is 13.6. The van der Waals surface area contributed by atoms with Gasteiger partial charge in [0.05, 0.1) is 5.69 Å². The molecule has 0 saturated carbocycles. The van der Waals surface area contributed by atoms with Crippen molar-refractivity contribution in [3.8, 4) is 11.1 Å². The molecule has 0 radical (unpaired) electrons. The van der Waals surface area contributed by atoms with Crippen molar-refractivity contribution >= 4 is 28.9 Å². The SMILES string of the molecule is Cc1ccccc1[C@H]1CC(=O)Nc2c1sc(C(=O)O)c2-c1cccc(F)c1. The number of carboxylic acids is 1. The Bertz CT molecular complexity index is 1070. The second-order valence-corrected chi connectivity index (χ2v) is 7.57. The Morgan fingerprint density at radius 2 is 2.00 bits per heavy atom. The fourth-order valence-electron chi connectivity index (χ4n) is 3.59. The van der Waals surface area contributed by atoms with Crippen LogP contribution in [0.4, 0.5) is 10.1 Å². The maximum Gasteiger partial charge on any atom is 0.346 e. The summed E-state index contributed by atoms with van der Waals surface area (Å²) in [4.78, 5) is 25.2. The number of thiophene rings is 1. The van der Waals surface area contributed by atoms with Crippen LogP contribution in [0.1, 0.15) is 38.0 Å². The number of benzene rings is 2. The lowest BCUT2D eigenvalue weighted by Crippen LogP contribution is -2.22. The lowest BCUT2D eigenvalue weighted by Gasteiger charge is -2.25. The molecule has 1 aromatic heterocycles. The van der Waals surface area contributed by atoms with Gasteiger partial charge in [-0.2, -0.15) is 0 Å². The number of carbonyl (C=O) groups excluding carboxylic acids is 1. The van der Waals surface area contributed by atoms with E-state index in [1.807, 2.05) is 31.2 Å². The number of aryl methyl sites for hydroxylation is 1. The zero-order chi connectivity index (χ0) is 19.1. The van der Waals surface area contributed by atoms with Crippen LogP contribution in [0.15, 0.2) is 48.5 Å². The van der Waals surface area contributed by atoms with E-state index in [-0.39, 0.29) is 23.1 Å². The van der Waals surface area contributed by atoms with Crippen LogP contribution in [0.2, 0.25) is 0 Å². The third-order valence-corrected chi connectivity index (χ3v) is 6.07. The van der Waals surface area contributed by atoms with E-state index in [4.69, 9.17) is 0 Å². The number of anilines is 1. The molecule has 1 amide bonds. The van der Waals surface area contributed by atoms with E-state index in [0.29, 0.717) is 16.8 Å². The minimum absolute atomic E-state index is 0.103. The molecule has 6 heteroatoms. The van der Waals surface area contributed by atoms with Crippen molar-refractivity contribution in [2.24, 2.45) is 0 Å². The highest BCUT2D eigenvalue weighted by Gasteiger charge is 2.34. The Hall–Kier alpha value is -2.99. The number of carbonyl (C=O) groups is 2. The summed E-state index contributed by atoms with van der Waals surface area (Å²) < 4.78 is 13.8. The first-order valence-electron chi connectivity index (χ1n) is 8.47. The van der Waals surface area contributed by atoms with E-state index in [1.165, 1.54) is 18.2 Å². The Balaban J connectivity index is 1.97. The molecule has 136 valence electrons.